The number of rotatable bonds is 7. The van der Waals surface area contributed by atoms with Gasteiger partial charge in [-0.15, -0.1) is 10.2 Å². The van der Waals surface area contributed by atoms with Crippen LogP contribution in [-0.2, 0) is 23.6 Å². The fourth-order valence-electron chi connectivity index (χ4n) is 4.00. The number of anilines is 1. The van der Waals surface area contributed by atoms with E-state index in [1.165, 1.54) is 5.56 Å². The molecule has 0 aliphatic carbocycles. The summed E-state index contributed by atoms with van der Waals surface area (Å²) in [5.74, 6) is 2.61. The maximum Gasteiger partial charge on any atom is 0.228 e. The fourth-order valence-corrected chi connectivity index (χ4v) is 5.11. The van der Waals surface area contributed by atoms with Gasteiger partial charge in [0.2, 0.25) is 5.95 Å². The summed E-state index contributed by atoms with van der Waals surface area (Å²) in [6, 6.07) is 16.3. The molecule has 1 aliphatic heterocycles. The number of ether oxygens (including phenoxy) is 1. The van der Waals surface area contributed by atoms with Crippen molar-refractivity contribution in [3.05, 3.63) is 64.9 Å². The van der Waals surface area contributed by atoms with Gasteiger partial charge in [0.1, 0.15) is 5.82 Å². The maximum atomic E-state index is 6.24. The number of hydrogen-bond donors (Lipinski definition) is 0. The minimum atomic E-state index is 0.695. The zero-order valence-corrected chi connectivity index (χ0v) is 19.5. The van der Waals surface area contributed by atoms with E-state index in [1.54, 1.807) is 11.8 Å². The average molecular weight is 469 g/mol. The Balaban J connectivity index is 1.43. The lowest BCUT2D eigenvalue weighted by Crippen LogP contribution is -2.38. The Bertz CT molecular complexity index is 1200. The first kappa shape index (κ1) is 21.3. The third-order valence-electron chi connectivity index (χ3n) is 5.61. The molecule has 0 radical (unpaired) electrons. The molecule has 1 saturated heterocycles. The summed E-state index contributed by atoms with van der Waals surface area (Å²) in [6.07, 6.45) is 0. The standard InChI is InChI=1S/C23H25ClN6OS/c1-2-29-22(28-10-12-31-13-11-28)26-27-23(29)32-16-21-25-19-14-18(24)8-9-20(19)30(21)15-17-6-4-3-5-7-17/h3-9,14H,2,10-13,15-16H2,1H3. The number of fused-ring (bicyclic) bond motifs is 1. The van der Waals surface area contributed by atoms with Gasteiger partial charge in [-0.05, 0) is 30.7 Å². The quantitative estimate of drug-likeness (QED) is 0.373. The smallest absolute Gasteiger partial charge is 0.228 e. The lowest BCUT2D eigenvalue weighted by atomic mass is 10.2. The van der Waals surface area contributed by atoms with Crippen molar-refractivity contribution < 1.29 is 4.74 Å². The molecule has 0 spiro atoms. The molecule has 4 aromatic rings. The maximum absolute atomic E-state index is 6.24. The van der Waals surface area contributed by atoms with Crippen molar-refractivity contribution in [3.8, 4) is 0 Å². The summed E-state index contributed by atoms with van der Waals surface area (Å²) in [4.78, 5) is 7.16. The molecular formula is C23H25ClN6OS. The van der Waals surface area contributed by atoms with Gasteiger partial charge in [-0.1, -0.05) is 53.7 Å². The lowest BCUT2D eigenvalue weighted by Gasteiger charge is -2.27. The van der Waals surface area contributed by atoms with Gasteiger partial charge in [-0.3, -0.25) is 4.57 Å². The van der Waals surface area contributed by atoms with Crippen LogP contribution in [0.15, 0.2) is 53.7 Å². The van der Waals surface area contributed by atoms with Crippen LogP contribution in [-0.4, -0.2) is 50.6 Å². The Morgan fingerprint density at radius 1 is 1.03 bits per heavy atom. The highest BCUT2D eigenvalue weighted by Crippen LogP contribution is 2.28. The van der Waals surface area contributed by atoms with Crippen molar-refractivity contribution in [1.29, 1.82) is 0 Å². The van der Waals surface area contributed by atoms with Crippen LogP contribution in [0.5, 0.6) is 0 Å². The highest BCUT2D eigenvalue weighted by Gasteiger charge is 2.21. The van der Waals surface area contributed by atoms with Crippen LogP contribution in [0.3, 0.4) is 0 Å². The second-order valence-corrected chi connectivity index (χ2v) is 9.03. The predicted molar refractivity (Wildman–Crippen MR) is 129 cm³/mol. The minimum Gasteiger partial charge on any atom is -0.378 e. The molecule has 2 aromatic carbocycles. The Morgan fingerprint density at radius 3 is 2.62 bits per heavy atom. The SMILES string of the molecule is CCn1c(SCc2nc3cc(Cl)ccc3n2Cc2ccccc2)nnc1N1CCOCC1. The number of imidazole rings is 1. The molecule has 32 heavy (non-hydrogen) atoms. The number of hydrogen-bond acceptors (Lipinski definition) is 6. The molecule has 166 valence electrons. The van der Waals surface area contributed by atoms with Crippen molar-refractivity contribution in [2.45, 2.75) is 30.9 Å². The molecule has 0 bridgehead atoms. The molecule has 0 N–H and O–H groups in total. The monoisotopic (exact) mass is 468 g/mol. The second kappa shape index (κ2) is 9.52. The zero-order chi connectivity index (χ0) is 21.9. The van der Waals surface area contributed by atoms with Crippen molar-refractivity contribution in [2.75, 3.05) is 31.2 Å². The summed E-state index contributed by atoms with van der Waals surface area (Å²) in [5, 5.41) is 10.6. The van der Waals surface area contributed by atoms with Crippen LogP contribution >= 0.6 is 23.4 Å². The van der Waals surface area contributed by atoms with E-state index in [1.807, 2.05) is 24.3 Å². The van der Waals surface area contributed by atoms with Gasteiger partial charge in [0.15, 0.2) is 5.16 Å². The van der Waals surface area contributed by atoms with Gasteiger partial charge >= 0.3 is 0 Å². The largest absolute Gasteiger partial charge is 0.378 e. The third kappa shape index (κ3) is 4.35. The highest BCUT2D eigenvalue weighted by molar-refractivity contribution is 7.98. The minimum absolute atomic E-state index is 0.695. The molecule has 1 aliphatic rings. The average Bonchev–Trinajstić information content (AvgIpc) is 3.39. The van der Waals surface area contributed by atoms with Crippen LogP contribution < -0.4 is 4.90 Å². The van der Waals surface area contributed by atoms with E-state index < -0.39 is 0 Å². The van der Waals surface area contributed by atoms with Crippen LogP contribution in [0.2, 0.25) is 5.02 Å². The molecule has 2 aromatic heterocycles. The van der Waals surface area contributed by atoms with E-state index >= 15 is 0 Å². The van der Waals surface area contributed by atoms with Crippen LogP contribution in [0, 0.1) is 0 Å². The molecule has 0 unspecified atom stereocenters. The van der Waals surface area contributed by atoms with Crippen molar-refractivity contribution in [1.82, 2.24) is 24.3 Å². The highest BCUT2D eigenvalue weighted by atomic mass is 35.5. The molecule has 0 atom stereocenters. The van der Waals surface area contributed by atoms with E-state index in [0.29, 0.717) is 10.8 Å². The molecule has 1 fully saturated rings. The fraction of sp³-hybridized carbons (Fsp3) is 0.348. The summed E-state index contributed by atoms with van der Waals surface area (Å²) >= 11 is 7.91. The molecule has 3 heterocycles. The van der Waals surface area contributed by atoms with E-state index in [2.05, 4.69) is 55.4 Å². The number of thioether (sulfide) groups is 1. The number of nitrogens with zero attached hydrogens (tertiary/aromatic N) is 6. The van der Waals surface area contributed by atoms with E-state index in [0.717, 1.165) is 67.4 Å². The number of halogens is 1. The summed E-state index contributed by atoms with van der Waals surface area (Å²) in [5.41, 5.74) is 3.23. The molecule has 0 saturated carbocycles. The van der Waals surface area contributed by atoms with Crippen molar-refractivity contribution >= 4 is 40.3 Å². The molecule has 5 rings (SSSR count). The van der Waals surface area contributed by atoms with E-state index in [-0.39, 0.29) is 0 Å². The van der Waals surface area contributed by atoms with Crippen LogP contribution in [0.4, 0.5) is 5.95 Å². The Labute approximate surface area is 196 Å². The number of aromatic nitrogens is 5. The molecule has 0 amide bonds. The van der Waals surface area contributed by atoms with Crippen LogP contribution in [0.1, 0.15) is 18.3 Å². The van der Waals surface area contributed by atoms with Crippen LogP contribution in [0.25, 0.3) is 11.0 Å². The number of benzene rings is 2. The molecule has 7 nitrogen and oxygen atoms in total. The topological polar surface area (TPSA) is 61.0 Å². The zero-order valence-electron chi connectivity index (χ0n) is 17.9. The van der Waals surface area contributed by atoms with Gasteiger partial charge in [0.05, 0.1) is 30.0 Å². The Morgan fingerprint density at radius 2 is 1.84 bits per heavy atom. The van der Waals surface area contributed by atoms with E-state index in [9.17, 15) is 0 Å². The van der Waals surface area contributed by atoms with Gasteiger partial charge < -0.3 is 14.2 Å². The predicted octanol–water partition coefficient (Wildman–Crippen LogP) is 4.48. The van der Waals surface area contributed by atoms with Crippen molar-refractivity contribution in [2.24, 2.45) is 0 Å². The third-order valence-corrected chi connectivity index (χ3v) is 6.81. The molecular weight excluding hydrogens is 444 g/mol. The first-order valence-corrected chi connectivity index (χ1v) is 12.2. The van der Waals surface area contributed by atoms with E-state index in [4.69, 9.17) is 21.3 Å². The summed E-state index contributed by atoms with van der Waals surface area (Å²) < 4.78 is 9.93. The normalized spacial score (nSPS) is 14.4. The summed E-state index contributed by atoms with van der Waals surface area (Å²) in [6.45, 7) is 6.85. The summed E-state index contributed by atoms with van der Waals surface area (Å²) in [7, 11) is 0. The number of morpholine rings is 1. The van der Waals surface area contributed by atoms with Gasteiger partial charge in [0, 0.05) is 31.2 Å². The second-order valence-electron chi connectivity index (χ2n) is 7.65. The van der Waals surface area contributed by atoms with Gasteiger partial charge in [-0.25, -0.2) is 4.98 Å². The van der Waals surface area contributed by atoms with Gasteiger partial charge in [-0.2, -0.15) is 0 Å². The first-order valence-electron chi connectivity index (χ1n) is 10.8. The first-order chi connectivity index (χ1) is 15.7. The van der Waals surface area contributed by atoms with Crippen molar-refractivity contribution in [3.63, 3.8) is 0 Å². The lowest BCUT2D eigenvalue weighted by molar-refractivity contribution is 0.121. The van der Waals surface area contributed by atoms with Gasteiger partial charge in [0.25, 0.3) is 0 Å². The Hall–Kier alpha value is -2.55. The molecule has 9 heteroatoms. The Kier molecular flexibility index (Phi) is 6.34.